The van der Waals surface area contributed by atoms with Crippen LogP contribution in [-0.4, -0.2) is 6.61 Å². The molecule has 244 valence electrons. The SMILES string of the molecule is CCCOc1ccc(C#Cc2cc(F)c(C#Cc3cc(F)c(C(F)(F)Oc4cc(F)c(C(F)(F)F)c(F)c4)c(F)c3)c(F)c2)c(F)c1. The number of benzene rings is 4. The van der Waals surface area contributed by atoms with Crippen LogP contribution in [0.5, 0.6) is 11.5 Å². The molecule has 0 N–H and O–H groups in total. The summed E-state index contributed by atoms with van der Waals surface area (Å²) in [7, 11) is 0. The molecule has 0 bridgehead atoms. The van der Waals surface area contributed by atoms with Gasteiger partial charge in [-0.05, 0) is 42.8 Å². The van der Waals surface area contributed by atoms with Crippen LogP contribution in [0.4, 0.5) is 52.7 Å². The fraction of sp³-hybridized carbons (Fsp3) is 0.152. The van der Waals surface area contributed by atoms with Gasteiger partial charge in [-0.15, -0.1) is 0 Å². The lowest BCUT2D eigenvalue weighted by atomic mass is 10.1. The third-order valence-corrected chi connectivity index (χ3v) is 6.01. The van der Waals surface area contributed by atoms with Crippen LogP contribution in [0.1, 0.15) is 46.7 Å². The summed E-state index contributed by atoms with van der Waals surface area (Å²) < 4.78 is 177. The lowest BCUT2D eigenvalue weighted by Crippen LogP contribution is -2.25. The van der Waals surface area contributed by atoms with Gasteiger partial charge in [-0.2, -0.15) is 22.0 Å². The quantitative estimate of drug-likeness (QED) is 0.150. The summed E-state index contributed by atoms with van der Waals surface area (Å²) >= 11 is 0. The van der Waals surface area contributed by atoms with Crippen LogP contribution in [0.25, 0.3) is 0 Å². The van der Waals surface area contributed by atoms with Crippen molar-refractivity contribution in [3.63, 3.8) is 0 Å². The Morgan fingerprint density at radius 1 is 0.553 bits per heavy atom. The molecular weight excluding hydrogens is 656 g/mol. The predicted molar refractivity (Wildman–Crippen MR) is 143 cm³/mol. The first-order valence-corrected chi connectivity index (χ1v) is 13.1. The van der Waals surface area contributed by atoms with E-state index in [9.17, 15) is 52.7 Å². The molecule has 0 aliphatic carbocycles. The number of alkyl halides is 5. The van der Waals surface area contributed by atoms with Crippen molar-refractivity contribution in [2.75, 3.05) is 6.61 Å². The summed E-state index contributed by atoms with van der Waals surface area (Å²) in [4.78, 5) is 0. The third-order valence-electron chi connectivity index (χ3n) is 6.01. The van der Waals surface area contributed by atoms with Gasteiger partial charge in [-0.3, -0.25) is 0 Å². The third kappa shape index (κ3) is 8.14. The van der Waals surface area contributed by atoms with Crippen molar-refractivity contribution in [3.8, 4) is 35.2 Å². The van der Waals surface area contributed by atoms with Crippen LogP contribution in [0, 0.1) is 64.4 Å². The number of halogens is 12. The summed E-state index contributed by atoms with van der Waals surface area (Å²) in [5.41, 5.74) is -6.43. The van der Waals surface area contributed by atoms with Crippen LogP contribution >= 0.6 is 0 Å². The molecule has 0 atom stereocenters. The summed E-state index contributed by atoms with van der Waals surface area (Å²) in [6.07, 6.45) is -9.84. The average molecular weight is 672 g/mol. The standard InChI is InChI=1S/C33H16F12O2/c1-2-9-46-20-7-6-19(23(34)14-20)5-3-17-10-24(35)22(25(36)11-17)8-4-18-12-26(37)31(27(38)13-18)33(44,45)47-21-15-28(39)30(29(40)16-21)32(41,42)43/h6-7,10-16H,2,9H2,1H3. The minimum atomic E-state index is -5.52. The molecule has 4 rings (SSSR count). The molecule has 0 aliphatic rings. The van der Waals surface area contributed by atoms with E-state index >= 15 is 0 Å². The Bertz CT molecular complexity index is 1890. The molecule has 0 heterocycles. The molecule has 2 nitrogen and oxygen atoms in total. The van der Waals surface area contributed by atoms with Crippen molar-refractivity contribution in [1.29, 1.82) is 0 Å². The van der Waals surface area contributed by atoms with Gasteiger partial charge in [0.15, 0.2) is 0 Å². The molecule has 0 fully saturated rings. The Morgan fingerprint density at radius 3 is 1.55 bits per heavy atom. The molecule has 0 saturated heterocycles. The molecule has 0 aromatic heterocycles. The molecule has 0 saturated carbocycles. The van der Waals surface area contributed by atoms with Crippen molar-refractivity contribution in [3.05, 3.63) is 129 Å². The summed E-state index contributed by atoms with van der Waals surface area (Å²) in [6, 6.07) is 5.27. The number of hydrogen-bond donors (Lipinski definition) is 0. The highest BCUT2D eigenvalue weighted by atomic mass is 19.4. The summed E-state index contributed by atoms with van der Waals surface area (Å²) in [5, 5.41) is 0. The summed E-state index contributed by atoms with van der Waals surface area (Å²) in [5.74, 6) is -4.53. The first-order chi connectivity index (χ1) is 22.0. The van der Waals surface area contributed by atoms with Gasteiger partial charge in [0, 0.05) is 29.3 Å². The molecule has 0 spiro atoms. The molecule has 0 aliphatic heterocycles. The summed E-state index contributed by atoms with van der Waals surface area (Å²) in [6.45, 7) is 2.22. The molecule has 0 unspecified atom stereocenters. The number of rotatable bonds is 6. The second-order valence-electron chi connectivity index (χ2n) is 9.50. The molecule has 4 aromatic rings. The highest BCUT2D eigenvalue weighted by Crippen LogP contribution is 2.39. The van der Waals surface area contributed by atoms with E-state index in [1.165, 1.54) is 12.1 Å². The number of ether oxygens (including phenoxy) is 2. The fourth-order valence-electron chi connectivity index (χ4n) is 3.95. The van der Waals surface area contributed by atoms with E-state index in [4.69, 9.17) is 4.74 Å². The second-order valence-corrected chi connectivity index (χ2v) is 9.50. The minimum absolute atomic E-state index is 0.0966. The van der Waals surface area contributed by atoms with E-state index in [1.807, 2.05) is 18.8 Å². The Kier molecular flexibility index (Phi) is 10.0. The van der Waals surface area contributed by atoms with E-state index in [2.05, 4.69) is 16.6 Å². The van der Waals surface area contributed by atoms with Crippen molar-refractivity contribution >= 4 is 0 Å². The Labute approximate surface area is 258 Å². The first kappa shape index (κ1) is 34.6. The molecule has 14 heteroatoms. The maximum absolute atomic E-state index is 14.6. The predicted octanol–water partition coefficient (Wildman–Crippen LogP) is 9.40. The Hall–Kier alpha value is -5.24. The van der Waals surface area contributed by atoms with Gasteiger partial charge in [0.1, 0.15) is 63.3 Å². The van der Waals surface area contributed by atoms with E-state index in [1.54, 1.807) is 0 Å². The first-order valence-electron chi connectivity index (χ1n) is 13.1. The zero-order valence-electron chi connectivity index (χ0n) is 23.5. The van der Waals surface area contributed by atoms with Crippen molar-refractivity contribution in [1.82, 2.24) is 0 Å². The maximum Gasteiger partial charge on any atom is 0.432 e. The Balaban J connectivity index is 1.56. The van der Waals surface area contributed by atoms with E-state index in [-0.39, 0.29) is 41.1 Å². The topological polar surface area (TPSA) is 18.5 Å². The lowest BCUT2D eigenvalue weighted by Gasteiger charge is -2.20. The maximum atomic E-state index is 14.6. The average Bonchev–Trinajstić information content (AvgIpc) is 2.93. The second kappa shape index (κ2) is 13.6. The molecule has 4 aromatic carbocycles. The van der Waals surface area contributed by atoms with E-state index < -0.39 is 81.0 Å². The minimum Gasteiger partial charge on any atom is -0.494 e. The Morgan fingerprint density at radius 2 is 1.04 bits per heavy atom. The van der Waals surface area contributed by atoms with Gasteiger partial charge in [0.2, 0.25) is 0 Å². The monoisotopic (exact) mass is 672 g/mol. The van der Waals surface area contributed by atoms with E-state index in [0.29, 0.717) is 13.0 Å². The van der Waals surface area contributed by atoms with E-state index in [0.717, 1.165) is 18.2 Å². The molecular formula is C33H16F12O2. The fourth-order valence-corrected chi connectivity index (χ4v) is 3.95. The highest BCUT2D eigenvalue weighted by Gasteiger charge is 2.43. The molecule has 0 radical (unpaired) electrons. The normalized spacial score (nSPS) is 11.3. The molecule has 0 amide bonds. The van der Waals surface area contributed by atoms with Crippen LogP contribution in [-0.2, 0) is 12.3 Å². The van der Waals surface area contributed by atoms with Gasteiger partial charge < -0.3 is 9.47 Å². The lowest BCUT2D eigenvalue weighted by molar-refractivity contribution is -0.189. The van der Waals surface area contributed by atoms with Crippen LogP contribution < -0.4 is 9.47 Å². The van der Waals surface area contributed by atoms with Gasteiger partial charge in [0.25, 0.3) is 0 Å². The zero-order chi connectivity index (χ0) is 34.7. The zero-order valence-corrected chi connectivity index (χ0v) is 23.5. The van der Waals surface area contributed by atoms with Crippen molar-refractivity contribution in [2.24, 2.45) is 0 Å². The van der Waals surface area contributed by atoms with Gasteiger partial charge in [0.05, 0.1) is 17.7 Å². The van der Waals surface area contributed by atoms with Gasteiger partial charge in [-0.25, -0.2) is 30.7 Å². The van der Waals surface area contributed by atoms with Crippen LogP contribution in [0.15, 0.2) is 54.6 Å². The van der Waals surface area contributed by atoms with Gasteiger partial charge in [-0.1, -0.05) is 30.6 Å². The largest absolute Gasteiger partial charge is 0.494 e. The smallest absolute Gasteiger partial charge is 0.432 e. The van der Waals surface area contributed by atoms with Crippen LogP contribution in [0.3, 0.4) is 0 Å². The van der Waals surface area contributed by atoms with Gasteiger partial charge >= 0.3 is 12.3 Å². The number of hydrogen-bond acceptors (Lipinski definition) is 2. The van der Waals surface area contributed by atoms with Crippen LogP contribution in [0.2, 0.25) is 0 Å². The van der Waals surface area contributed by atoms with Crippen molar-refractivity contribution in [2.45, 2.75) is 25.6 Å². The highest BCUT2D eigenvalue weighted by molar-refractivity contribution is 5.50. The van der Waals surface area contributed by atoms with Crippen molar-refractivity contribution < 1.29 is 62.2 Å². The molecule has 47 heavy (non-hydrogen) atoms.